The molecule has 0 bridgehead atoms. The molecular formula is C51H31N3O2. The standard InChI is InChI=1S/C51H31N3O2/c1-2-11-34(12-3-1)51-53-44(31-45(54-51)37-14-10-13-36(29-37)43-17-8-9-28-52-43)33-22-20-32(21-23-33)38-25-26-39(50-49(38)41-16-5-7-19-47(41)56-50)35-24-27-48-42(30-35)40-15-4-6-18-46(40)55-48/h1-31H. The molecule has 0 radical (unpaired) electrons. The minimum absolute atomic E-state index is 0.675. The molecule has 7 aromatic carbocycles. The number of furan rings is 2. The lowest BCUT2D eigenvalue weighted by Gasteiger charge is -2.12. The van der Waals surface area contributed by atoms with Gasteiger partial charge in [-0.25, -0.2) is 9.97 Å². The van der Waals surface area contributed by atoms with E-state index < -0.39 is 0 Å². The summed E-state index contributed by atoms with van der Waals surface area (Å²) in [5, 5.41) is 4.36. The Morgan fingerprint density at radius 1 is 0.339 bits per heavy atom. The number of aromatic nitrogens is 3. The molecule has 56 heavy (non-hydrogen) atoms. The van der Waals surface area contributed by atoms with E-state index in [9.17, 15) is 0 Å². The summed E-state index contributed by atoms with van der Waals surface area (Å²) in [4.78, 5) is 14.7. The Kier molecular flexibility index (Phi) is 7.42. The van der Waals surface area contributed by atoms with Crippen LogP contribution in [0.2, 0.25) is 0 Å². The van der Waals surface area contributed by atoms with Crippen molar-refractivity contribution in [3.05, 3.63) is 188 Å². The Labute approximate surface area is 322 Å². The third-order valence-electron chi connectivity index (χ3n) is 10.6. The van der Waals surface area contributed by atoms with E-state index in [0.717, 1.165) is 105 Å². The van der Waals surface area contributed by atoms with E-state index in [2.05, 4.69) is 126 Å². The second kappa shape index (κ2) is 13.0. The number of hydrogen-bond acceptors (Lipinski definition) is 5. The Morgan fingerprint density at radius 3 is 1.77 bits per heavy atom. The van der Waals surface area contributed by atoms with Gasteiger partial charge in [0.2, 0.25) is 0 Å². The maximum Gasteiger partial charge on any atom is 0.160 e. The van der Waals surface area contributed by atoms with Gasteiger partial charge in [-0.05, 0) is 71.3 Å². The van der Waals surface area contributed by atoms with Gasteiger partial charge in [0, 0.05) is 55.6 Å². The van der Waals surface area contributed by atoms with Crippen molar-refractivity contribution in [3.63, 3.8) is 0 Å². The lowest BCUT2D eigenvalue weighted by Crippen LogP contribution is -1.96. The minimum atomic E-state index is 0.675. The van der Waals surface area contributed by atoms with Crippen LogP contribution in [0.3, 0.4) is 0 Å². The van der Waals surface area contributed by atoms with Gasteiger partial charge in [0.05, 0.1) is 17.1 Å². The van der Waals surface area contributed by atoms with Gasteiger partial charge in [0.25, 0.3) is 0 Å². The van der Waals surface area contributed by atoms with Crippen LogP contribution in [0, 0.1) is 0 Å². The van der Waals surface area contributed by atoms with Crippen molar-refractivity contribution in [2.45, 2.75) is 0 Å². The molecule has 0 amide bonds. The molecule has 0 saturated heterocycles. The van der Waals surface area contributed by atoms with Crippen molar-refractivity contribution in [2.75, 3.05) is 0 Å². The summed E-state index contributed by atoms with van der Waals surface area (Å²) in [5.74, 6) is 0.675. The average molecular weight is 718 g/mol. The second-order valence-electron chi connectivity index (χ2n) is 14.0. The fraction of sp³-hybridized carbons (Fsp3) is 0. The van der Waals surface area contributed by atoms with E-state index in [1.54, 1.807) is 0 Å². The maximum atomic E-state index is 6.68. The molecule has 5 nitrogen and oxygen atoms in total. The molecule has 0 aliphatic carbocycles. The third kappa shape index (κ3) is 5.45. The van der Waals surface area contributed by atoms with E-state index in [1.807, 2.05) is 66.9 Å². The first-order chi connectivity index (χ1) is 27.7. The van der Waals surface area contributed by atoms with Crippen molar-refractivity contribution in [2.24, 2.45) is 0 Å². The highest BCUT2D eigenvalue weighted by Crippen LogP contribution is 2.43. The van der Waals surface area contributed by atoms with Crippen LogP contribution >= 0.6 is 0 Å². The summed E-state index contributed by atoms with van der Waals surface area (Å²) in [5.41, 5.74) is 14.4. The van der Waals surface area contributed by atoms with Crippen molar-refractivity contribution in [3.8, 4) is 67.4 Å². The highest BCUT2D eigenvalue weighted by atomic mass is 16.3. The first kappa shape index (κ1) is 31.9. The zero-order chi connectivity index (χ0) is 37.0. The molecular weight excluding hydrogens is 687 g/mol. The molecule has 0 saturated carbocycles. The molecule has 5 heteroatoms. The monoisotopic (exact) mass is 717 g/mol. The second-order valence-corrected chi connectivity index (χ2v) is 14.0. The molecule has 0 aliphatic rings. The number of hydrogen-bond donors (Lipinski definition) is 0. The van der Waals surface area contributed by atoms with Crippen LogP contribution < -0.4 is 0 Å². The quantitative estimate of drug-likeness (QED) is 0.171. The molecule has 0 N–H and O–H groups in total. The molecule has 4 heterocycles. The van der Waals surface area contributed by atoms with Crippen LogP contribution in [0.25, 0.3) is 111 Å². The number of para-hydroxylation sites is 2. The van der Waals surface area contributed by atoms with Crippen LogP contribution in [0.1, 0.15) is 0 Å². The lowest BCUT2D eigenvalue weighted by atomic mass is 9.93. The van der Waals surface area contributed by atoms with Crippen LogP contribution in [-0.2, 0) is 0 Å². The summed E-state index contributed by atoms with van der Waals surface area (Å²) in [6.07, 6.45) is 1.82. The van der Waals surface area contributed by atoms with Gasteiger partial charge in [-0.1, -0.05) is 127 Å². The zero-order valence-electron chi connectivity index (χ0n) is 30.1. The van der Waals surface area contributed by atoms with Gasteiger partial charge in [0.1, 0.15) is 22.3 Å². The molecule has 0 fully saturated rings. The van der Waals surface area contributed by atoms with Gasteiger partial charge >= 0.3 is 0 Å². The molecule has 4 aromatic heterocycles. The van der Waals surface area contributed by atoms with Gasteiger partial charge < -0.3 is 8.83 Å². The predicted octanol–water partition coefficient (Wildman–Crippen LogP) is 13.7. The number of nitrogens with zero attached hydrogens (tertiary/aromatic N) is 3. The Hall–Kier alpha value is -7.63. The Bertz CT molecular complexity index is 3240. The molecule has 0 aliphatic heterocycles. The highest BCUT2D eigenvalue weighted by molar-refractivity contribution is 6.17. The molecule has 262 valence electrons. The van der Waals surface area contributed by atoms with Crippen molar-refractivity contribution in [1.29, 1.82) is 0 Å². The number of rotatable bonds is 6. The van der Waals surface area contributed by atoms with Crippen LogP contribution in [0.15, 0.2) is 197 Å². The van der Waals surface area contributed by atoms with Crippen LogP contribution in [0.5, 0.6) is 0 Å². The van der Waals surface area contributed by atoms with Gasteiger partial charge in [-0.15, -0.1) is 0 Å². The SMILES string of the molecule is c1ccc(-c2nc(-c3ccc(-c4ccc(-c5ccc6oc7ccccc7c6c5)c5oc6ccccc6c45)cc3)cc(-c3cccc(-c4ccccn4)c3)n2)cc1. The summed E-state index contributed by atoms with van der Waals surface area (Å²) in [6, 6.07) is 62.5. The Balaban J connectivity index is 1.02. The average Bonchev–Trinajstić information content (AvgIpc) is 3.85. The van der Waals surface area contributed by atoms with Gasteiger partial charge in [-0.3, -0.25) is 4.98 Å². The van der Waals surface area contributed by atoms with E-state index in [4.69, 9.17) is 18.8 Å². The van der Waals surface area contributed by atoms with E-state index in [1.165, 1.54) is 0 Å². The fourth-order valence-electron chi connectivity index (χ4n) is 7.84. The molecule has 0 spiro atoms. The van der Waals surface area contributed by atoms with Crippen molar-refractivity contribution < 1.29 is 8.83 Å². The molecule has 0 atom stereocenters. The van der Waals surface area contributed by atoms with Crippen LogP contribution in [-0.4, -0.2) is 15.0 Å². The van der Waals surface area contributed by atoms with Gasteiger partial charge in [0.15, 0.2) is 5.82 Å². The van der Waals surface area contributed by atoms with E-state index in [0.29, 0.717) is 5.82 Å². The van der Waals surface area contributed by atoms with Crippen molar-refractivity contribution in [1.82, 2.24) is 15.0 Å². The Morgan fingerprint density at radius 2 is 0.964 bits per heavy atom. The summed E-state index contributed by atoms with van der Waals surface area (Å²) < 4.78 is 12.8. The summed E-state index contributed by atoms with van der Waals surface area (Å²) in [7, 11) is 0. The lowest BCUT2D eigenvalue weighted by molar-refractivity contribution is 0.668. The normalized spacial score (nSPS) is 11.6. The smallest absolute Gasteiger partial charge is 0.160 e. The molecule has 11 aromatic rings. The maximum absolute atomic E-state index is 6.68. The highest BCUT2D eigenvalue weighted by Gasteiger charge is 2.19. The number of benzene rings is 7. The first-order valence-electron chi connectivity index (χ1n) is 18.7. The van der Waals surface area contributed by atoms with Crippen LogP contribution in [0.4, 0.5) is 0 Å². The van der Waals surface area contributed by atoms with Gasteiger partial charge in [-0.2, -0.15) is 0 Å². The number of pyridine rings is 1. The zero-order valence-corrected chi connectivity index (χ0v) is 30.1. The van der Waals surface area contributed by atoms with Crippen molar-refractivity contribution >= 4 is 43.9 Å². The minimum Gasteiger partial charge on any atom is -0.456 e. The predicted molar refractivity (Wildman–Crippen MR) is 227 cm³/mol. The third-order valence-corrected chi connectivity index (χ3v) is 10.6. The number of fused-ring (bicyclic) bond motifs is 6. The first-order valence-corrected chi connectivity index (χ1v) is 18.7. The summed E-state index contributed by atoms with van der Waals surface area (Å²) in [6.45, 7) is 0. The van der Waals surface area contributed by atoms with E-state index in [-0.39, 0.29) is 0 Å². The topological polar surface area (TPSA) is 65.0 Å². The van der Waals surface area contributed by atoms with E-state index >= 15 is 0 Å². The largest absolute Gasteiger partial charge is 0.456 e. The summed E-state index contributed by atoms with van der Waals surface area (Å²) >= 11 is 0. The molecule has 0 unspecified atom stereocenters. The fourth-order valence-corrected chi connectivity index (χ4v) is 7.84. The molecule has 11 rings (SSSR count).